The zero-order valence-electron chi connectivity index (χ0n) is 17.4. The number of nitrogens with zero attached hydrogens (tertiary/aromatic N) is 8. The van der Waals surface area contributed by atoms with Gasteiger partial charge in [0, 0.05) is 26.2 Å². The fraction of sp³-hybridized carbons (Fsp3) is 0.400. The molecule has 11 heteroatoms. The number of aromatic nitrogens is 6. The molecule has 1 aromatic carbocycles. The topological polar surface area (TPSA) is 102 Å². The van der Waals surface area contributed by atoms with Gasteiger partial charge in [0.1, 0.15) is 18.0 Å². The Morgan fingerprint density at radius 1 is 1.03 bits per heavy atom. The van der Waals surface area contributed by atoms with Gasteiger partial charge >= 0.3 is 0 Å². The van der Waals surface area contributed by atoms with Crippen LogP contribution in [0.1, 0.15) is 27.2 Å². The van der Waals surface area contributed by atoms with Crippen molar-refractivity contribution in [3.8, 4) is 0 Å². The van der Waals surface area contributed by atoms with E-state index in [9.17, 15) is 9.59 Å². The smallest absolute Gasteiger partial charge is 0.259 e. The molecule has 1 aliphatic rings. The van der Waals surface area contributed by atoms with E-state index in [1.807, 2.05) is 31.2 Å². The van der Waals surface area contributed by atoms with Crippen LogP contribution in [-0.4, -0.2) is 77.8 Å². The van der Waals surface area contributed by atoms with Gasteiger partial charge < -0.3 is 9.80 Å². The van der Waals surface area contributed by atoms with Gasteiger partial charge in [-0.05, 0) is 29.8 Å². The lowest BCUT2D eigenvalue weighted by Crippen LogP contribution is -2.51. The molecule has 0 N–H and O–H groups in total. The van der Waals surface area contributed by atoms with Crippen LogP contribution in [0.5, 0.6) is 0 Å². The second kappa shape index (κ2) is 8.84. The van der Waals surface area contributed by atoms with Crippen molar-refractivity contribution < 1.29 is 9.59 Å². The monoisotopic (exact) mass is 442 g/mol. The normalized spacial score (nSPS) is 14.2. The molecule has 1 saturated heterocycles. The minimum Gasteiger partial charge on any atom is -0.338 e. The average Bonchev–Trinajstić information content (AvgIpc) is 3.37. The number of amides is 2. The maximum absolute atomic E-state index is 13.1. The molecule has 0 spiro atoms. The summed E-state index contributed by atoms with van der Waals surface area (Å²) in [5.74, 6) is -0.246. The molecule has 3 aromatic rings. The average molecular weight is 443 g/mol. The Labute approximate surface area is 184 Å². The molecule has 0 bridgehead atoms. The summed E-state index contributed by atoms with van der Waals surface area (Å²) >= 11 is 6.55. The number of piperazine rings is 1. The number of carbonyl (C=O) groups excluding carboxylic acids is 2. The first-order chi connectivity index (χ1) is 14.9. The molecule has 1 fully saturated rings. The van der Waals surface area contributed by atoms with E-state index in [4.69, 9.17) is 11.6 Å². The van der Waals surface area contributed by atoms with E-state index < -0.39 is 0 Å². The Bertz CT molecular complexity index is 1070. The van der Waals surface area contributed by atoms with Gasteiger partial charge in [-0.1, -0.05) is 41.4 Å². The first-order valence-electron chi connectivity index (χ1n) is 9.98. The molecule has 3 heterocycles. The summed E-state index contributed by atoms with van der Waals surface area (Å²) in [4.78, 5) is 29.0. The number of benzene rings is 1. The Hall–Kier alpha value is -3.27. The molecule has 2 amide bonds. The van der Waals surface area contributed by atoms with Crippen LogP contribution < -0.4 is 0 Å². The lowest BCUT2D eigenvalue weighted by atomic mass is 10.1. The SMILES string of the molecule is Cc1ccc(Cn2nc(C)c(C(=O)N3CCN(C(=O)Cn4cnnn4)CC3)c2Cl)cc1. The van der Waals surface area contributed by atoms with Gasteiger partial charge in [0.2, 0.25) is 5.91 Å². The first kappa shape index (κ1) is 21.0. The lowest BCUT2D eigenvalue weighted by Gasteiger charge is -2.34. The number of halogens is 1. The van der Waals surface area contributed by atoms with Crippen LogP contribution in [0, 0.1) is 13.8 Å². The van der Waals surface area contributed by atoms with Crippen molar-refractivity contribution in [3.05, 3.63) is 58.1 Å². The van der Waals surface area contributed by atoms with E-state index in [1.165, 1.54) is 16.6 Å². The van der Waals surface area contributed by atoms with Gasteiger partial charge in [0.05, 0.1) is 17.8 Å². The van der Waals surface area contributed by atoms with Crippen LogP contribution in [-0.2, 0) is 17.9 Å². The minimum atomic E-state index is -0.162. The van der Waals surface area contributed by atoms with Crippen LogP contribution in [0.25, 0.3) is 0 Å². The summed E-state index contributed by atoms with van der Waals surface area (Å²) in [6.07, 6.45) is 1.40. The van der Waals surface area contributed by atoms with E-state index in [0.717, 1.165) is 5.56 Å². The van der Waals surface area contributed by atoms with Gasteiger partial charge in [0.25, 0.3) is 5.91 Å². The summed E-state index contributed by atoms with van der Waals surface area (Å²) in [5, 5.41) is 15.6. The highest BCUT2D eigenvalue weighted by atomic mass is 35.5. The molecular weight excluding hydrogens is 420 g/mol. The molecule has 0 atom stereocenters. The van der Waals surface area contributed by atoms with Gasteiger partial charge in [-0.25, -0.2) is 9.36 Å². The van der Waals surface area contributed by atoms with Crippen LogP contribution in [0.15, 0.2) is 30.6 Å². The van der Waals surface area contributed by atoms with Gasteiger partial charge in [-0.3, -0.25) is 9.59 Å². The highest BCUT2D eigenvalue weighted by Crippen LogP contribution is 2.23. The van der Waals surface area contributed by atoms with Crippen molar-refractivity contribution in [2.24, 2.45) is 0 Å². The van der Waals surface area contributed by atoms with Gasteiger partial charge in [-0.2, -0.15) is 5.10 Å². The van der Waals surface area contributed by atoms with E-state index in [0.29, 0.717) is 49.1 Å². The number of hydrogen-bond donors (Lipinski definition) is 0. The number of aryl methyl sites for hydroxylation is 2. The quantitative estimate of drug-likeness (QED) is 0.587. The van der Waals surface area contributed by atoms with E-state index in [-0.39, 0.29) is 18.4 Å². The molecule has 1 aliphatic heterocycles. The summed E-state index contributed by atoms with van der Waals surface area (Å²) in [6.45, 7) is 6.14. The highest BCUT2D eigenvalue weighted by molar-refractivity contribution is 6.33. The third-order valence-corrected chi connectivity index (χ3v) is 5.72. The Morgan fingerprint density at radius 2 is 1.71 bits per heavy atom. The molecule has 0 unspecified atom stereocenters. The van der Waals surface area contributed by atoms with Crippen molar-refractivity contribution in [2.45, 2.75) is 26.9 Å². The van der Waals surface area contributed by atoms with E-state index in [2.05, 4.69) is 20.6 Å². The highest BCUT2D eigenvalue weighted by Gasteiger charge is 2.29. The fourth-order valence-electron chi connectivity index (χ4n) is 3.58. The largest absolute Gasteiger partial charge is 0.338 e. The van der Waals surface area contributed by atoms with E-state index in [1.54, 1.807) is 21.4 Å². The van der Waals surface area contributed by atoms with Crippen molar-refractivity contribution in [1.29, 1.82) is 0 Å². The number of carbonyl (C=O) groups is 2. The van der Waals surface area contributed by atoms with Crippen molar-refractivity contribution in [2.75, 3.05) is 26.2 Å². The molecule has 2 aromatic heterocycles. The van der Waals surface area contributed by atoms with Gasteiger partial charge in [0.15, 0.2) is 0 Å². The molecule has 162 valence electrons. The molecule has 0 saturated carbocycles. The van der Waals surface area contributed by atoms with Crippen LogP contribution in [0.2, 0.25) is 5.15 Å². The van der Waals surface area contributed by atoms with Crippen LogP contribution >= 0.6 is 11.6 Å². The maximum Gasteiger partial charge on any atom is 0.259 e. The molecule has 0 aliphatic carbocycles. The molecule has 31 heavy (non-hydrogen) atoms. The predicted octanol–water partition coefficient (Wildman–Crippen LogP) is 1.17. The summed E-state index contributed by atoms with van der Waals surface area (Å²) in [5.41, 5.74) is 3.25. The standard InChI is InChI=1S/C20H23ClN8O2/c1-14-3-5-16(6-4-14)11-29-19(21)18(15(2)23-29)20(31)27-9-7-26(8-10-27)17(30)12-28-13-22-24-25-28/h3-6,13H,7-12H2,1-2H3. The van der Waals surface area contributed by atoms with Gasteiger partial charge in [-0.15, -0.1) is 5.10 Å². The zero-order valence-corrected chi connectivity index (χ0v) is 18.2. The summed E-state index contributed by atoms with van der Waals surface area (Å²) in [7, 11) is 0. The Morgan fingerprint density at radius 3 is 2.35 bits per heavy atom. The number of hydrogen-bond acceptors (Lipinski definition) is 6. The van der Waals surface area contributed by atoms with Crippen molar-refractivity contribution in [1.82, 2.24) is 39.8 Å². The molecule has 10 nitrogen and oxygen atoms in total. The van der Waals surface area contributed by atoms with Crippen molar-refractivity contribution in [3.63, 3.8) is 0 Å². The van der Waals surface area contributed by atoms with Crippen LogP contribution in [0.4, 0.5) is 0 Å². The maximum atomic E-state index is 13.1. The van der Waals surface area contributed by atoms with Crippen molar-refractivity contribution >= 4 is 23.4 Å². The Balaban J connectivity index is 1.40. The third-order valence-electron chi connectivity index (χ3n) is 5.34. The summed E-state index contributed by atoms with van der Waals surface area (Å²) < 4.78 is 3.03. The second-order valence-corrected chi connectivity index (χ2v) is 7.93. The number of rotatable bonds is 5. The first-order valence-corrected chi connectivity index (χ1v) is 10.4. The lowest BCUT2D eigenvalue weighted by molar-refractivity contribution is -0.133. The van der Waals surface area contributed by atoms with E-state index >= 15 is 0 Å². The summed E-state index contributed by atoms with van der Waals surface area (Å²) in [6, 6.07) is 8.11. The minimum absolute atomic E-state index is 0.0810. The van der Waals surface area contributed by atoms with Crippen LogP contribution in [0.3, 0.4) is 0 Å². The molecule has 4 rings (SSSR count). The molecular formula is C20H23ClN8O2. The number of tetrazole rings is 1. The predicted molar refractivity (Wildman–Crippen MR) is 113 cm³/mol. The third kappa shape index (κ3) is 4.58. The zero-order chi connectivity index (χ0) is 22.0. The fourth-order valence-corrected chi connectivity index (χ4v) is 3.89. The molecule has 0 radical (unpaired) electrons. The Kier molecular flexibility index (Phi) is 5.99. The second-order valence-electron chi connectivity index (χ2n) is 7.57.